The monoisotopic (exact) mass is 397 g/mol. The first-order valence-corrected chi connectivity index (χ1v) is 10.9. The number of aryl methyl sites for hydroxylation is 1. The van der Waals surface area contributed by atoms with Crippen LogP contribution in [-0.2, 0) is 10.1 Å². The first-order valence-electron chi connectivity index (χ1n) is 9.31. The first-order chi connectivity index (χ1) is 13.3. The molecular formula is C23H27NO3S. The molecule has 0 unspecified atom stereocenters. The van der Waals surface area contributed by atoms with Gasteiger partial charge in [0, 0.05) is 17.4 Å². The molecule has 0 amide bonds. The van der Waals surface area contributed by atoms with Gasteiger partial charge in [-0.05, 0) is 50.1 Å². The summed E-state index contributed by atoms with van der Waals surface area (Å²) in [4.78, 5) is 1.30. The summed E-state index contributed by atoms with van der Waals surface area (Å²) in [6.45, 7) is 6.03. The predicted molar refractivity (Wildman–Crippen MR) is 114 cm³/mol. The molecule has 3 aromatic rings. The molecule has 28 heavy (non-hydrogen) atoms. The van der Waals surface area contributed by atoms with Gasteiger partial charge in [-0.15, -0.1) is 0 Å². The van der Waals surface area contributed by atoms with Gasteiger partial charge in [0.2, 0.25) is 0 Å². The predicted octanol–water partition coefficient (Wildman–Crippen LogP) is 4.42. The molecule has 0 aliphatic rings. The number of rotatable bonds is 5. The highest BCUT2D eigenvalue weighted by molar-refractivity contribution is 7.85. The lowest BCUT2D eigenvalue weighted by Crippen LogP contribution is -2.97. The third-order valence-electron chi connectivity index (χ3n) is 4.45. The van der Waals surface area contributed by atoms with Crippen LogP contribution in [0.3, 0.4) is 0 Å². The van der Waals surface area contributed by atoms with E-state index in [1.165, 1.54) is 33.1 Å². The Morgan fingerprint density at radius 3 is 1.68 bits per heavy atom. The van der Waals surface area contributed by atoms with Crippen LogP contribution in [0, 0.1) is 13.8 Å². The van der Waals surface area contributed by atoms with Crippen molar-refractivity contribution in [3.8, 4) is 0 Å². The van der Waals surface area contributed by atoms with E-state index in [9.17, 15) is 13.0 Å². The van der Waals surface area contributed by atoms with E-state index in [-0.39, 0.29) is 5.75 Å². The Bertz CT molecular complexity index is 932. The number of hydrogen-bond donors (Lipinski definition) is 1. The van der Waals surface area contributed by atoms with Crippen LogP contribution >= 0.6 is 0 Å². The second kappa shape index (κ2) is 10.2. The van der Waals surface area contributed by atoms with Crippen LogP contribution in [0.4, 0.5) is 17.1 Å². The Hall–Kier alpha value is -2.47. The van der Waals surface area contributed by atoms with Gasteiger partial charge in [-0.1, -0.05) is 55.5 Å². The quantitative estimate of drug-likeness (QED) is 0.648. The Morgan fingerprint density at radius 2 is 1.29 bits per heavy atom. The van der Waals surface area contributed by atoms with Crippen molar-refractivity contribution >= 4 is 27.2 Å². The molecule has 0 atom stereocenters. The summed E-state index contributed by atoms with van der Waals surface area (Å²) in [5, 5.41) is 0. The molecule has 0 aliphatic heterocycles. The fraction of sp³-hybridized carbons (Fsp3) is 0.217. The lowest BCUT2D eigenvalue weighted by Gasteiger charge is -2.20. The van der Waals surface area contributed by atoms with Crippen molar-refractivity contribution in [2.24, 2.45) is 0 Å². The third kappa shape index (κ3) is 6.30. The third-order valence-corrected chi connectivity index (χ3v) is 5.36. The van der Waals surface area contributed by atoms with E-state index < -0.39 is 10.1 Å². The molecule has 0 saturated carbocycles. The number of benzene rings is 3. The second-order valence-electron chi connectivity index (χ2n) is 6.62. The highest BCUT2D eigenvalue weighted by Gasteiger charge is 2.20. The van der Waals surface area contributed by atoms with Crippen molar-refractivity contribution in [1.29, 1.82) is 0 Å². The Balaban J connectivity index is 0.000000345. The molecule has 4 nitrogen and oxygen atoms in total. The number of nitrogens with one attached hydrogen (secondary N) is 1. The zero-order valence-electron chi connectivity index (χ0n) is 16.6. The molecule has 0 aromatic heterocycles. The maximum atomic E-state index is 9.68. The summed E-state index contributed by atoms with van der Waals surface area (Å²) >= 11 is 0. The minimum Gasteiger partial charge on any atom is -0.748 e. The van der Waals surface area contributed by atoms with E-state index in [1.54, 1.807) is 6.92 Å². The molecular weight excluding hydrogens is 370 g/mol. The average Bonchev–Trinajstić information content (AvgIpc) is 2.67. The van der Waals surface area contributed by atoms with Crippen LogP contribution in [0.25, 0.3) is 0 Å². The van der Waals surface area contributed by atoms with Gasteiger partial charge in [0.05, 0.1) is 10.1 Å². The minimum atomic E-state index is -3.92. The van der Waals surface area contributed by atoms with Gasteiger partial charge in [0.15, 0.2) is 0 Å². The van der Waals surface area contributed by atoms with E-state index in [2.05, 4.69) is 92.7 Å². The molecule has 0 bridgehead atoms. The normalized spacial score (nSPS) is 11.0. The molecule has 1 N–H and O–H groups in total. The number of hydrogen-bond acceptors (Lipinski definition) is 3. The van der Waals surface area contributed by atoms with Crippen LogP contribution in [0.1, 0.15) is 24.5 Å². The fourth-order valence-corrected chi connectivity index (χ4v) is 3.46. The Labute approximate surface area is 168 Å². The average molecular weight is 398 g/mol. The molecule has 0 aliphatic carbocycles. The maximum Gasteiger partial charge on any atom is 0.144 e. The Kier molecular flexibility index (Phi) is 7.93. The first kappa shape index (κ1) is 21.8. The largest absolute Gasteiger partial charge is 0.748 e. The summed E-state index contributed by atoms with van der Waals surface area (Å²) in [7, 11) is -3.92. The van der Waals surface area contributed by atoms with Gasteiger partial charge in [-0.2, -0.15) is 0 Å². The van der Waals surface area contributed by atoms with Crippen molar-refractivity contribution in [2.75, 3.05) is 5.75 Å². The summed E-state index contributed by atoms with van der Waals surface area (Å²) in [5.41, 5.74) is 6.51. The SMILES string of the molecule is CCCS(=O)(=O)[O-].Cc1cccc([NH+](c2ccccc2)c2ccccc2)c1C. The second-order valence-corrected chi connectivity index (χ2v) is 8.14. The topological polar surface area (TPSA) is 61.6 Å². The van der Waals surface area contributed by atoms with Gasteiger partial charge < -0.3 is 4.55 Å². The fourth-order valence-electron chi connectivity index (χ4n) is 2.96. The molecule has 0 saturated heterocycles. The van der Waals surface area contributed by atoms with Crippen molar-refractivity contribution in [2.45, 2.75) is 27.2 Å². The lowest BCUT2D eigenvalue weighted by molar-refractivity contribution is -0.681. The maximum absolute atomic E-state index is 9.68. The molecule has 3 rings (SSSR count). The number of para-hydroxylation sites is 2. The van der Waals surface area contributed by atoms with E-state index in [4.69, 9.17) is 0 Å². The summed E-state index contributed by atoms with van der Waals surface area (Å²) in [6, 6.07) is 27.8. The zero-order chi connectivity index (χ0) is 20.6. The molecule has 148 valence electrons. The Morgan fingerprint density at radius 1 is 0.786 bits per heavy atom. The highest BCUT2D eigenvalue weighted by Crippen LogP contribution is 2.20. The van der Waals surface area contributed by atoms with Crippen LogP contribution in [0.5, 0.6) is 0 Å². The van der Waals surface area contributed by atoms with E-state index in [0.29, 0.717) is 6.42 Å². The van der Waals surface area contributed by atoms with Crippen LogP contribution in [0.2, 0.25) is 0 Å². The van der Waals surface area contributed by atoms with E-state index >= 15 is 0 Å². The van der Waals surface area contributed by atoms with Crippen LogP contribution < -0.4 is 4.90 Å². The van der Waals surface area contributed by atoms with Gasteiger partial charge in [0.25, 0.3) is 0 Å². The zero-order valence-corrected chi connectivity index (χ0v) is 17.4. The van der Waals surface area contributed by atoms with Gasteiger partial charge >= 0.3 is 0 Å². The van der Waals surface area contributed by atoms with E-state index in [1.807, 2.05) is 0 Å². The molecule has 5 heteroatoms. The highest BCUT2D eigenvalue weighted by atomic mass is 32.2. The lowest BCUT2D eigenvalue weighted by atomic mass is 10.1. The molecule has 3 aromatic carbocycles. The van der Waals surface area contributed by atoms with Crippen molar-refractivity contribution < 1.29 is 17.9 Å². The standard InChI is InChI=1S/C20H19N.C3H8O3S/c1-16-10-9-15-20(17(16)2)21(18-11-5-3-6-12-18)19-13-7-4-8-14-19;1-2-3-7(4,5)6/h3-15H,1-2H3;2-3H2,1H3,(H,4,5,6). The van der Waals surface area contributed by atoms with Crippen molar-refractivity contribution in [1.82, 2.24) is 0 Å². The van der Waals surface area contributed by atoms with Gasteiger partial charge in [0.1, 0.15) is 17.1 Å². The van der Waals surface area contributed by atoms with E-state index in [0.717, 1.165) is 0 Å². The molecule has 0 spiro atoms. The van der Waals surface area contributed by atoms with Gasteiger partial charge in [-0.3, -0.25) is 0 Å². The molecule has 0 fully saturated rings. The summed E-state index contributed by atoms with van der Waals surface area (Å²) in [6.07, 6.45) is 0.409. The smallest absolute Gasteiger partial charge is 0.144 e. The molecule has 0 heterocycles. The van der Waals surface area contributed by atoms with Crippen molar-refractivity contribution in [3.63, 3.8) is 0 Å². The van der Waals surface area contributed by atoms with Crippen molar-refractivity contribution in [3.05, 3.63) is 90.0 Å². The van der Waals surface area contributed by atoms with Crippen LogP contribution in [0.15, 0.2) is 78.9 Å². The summed E-state index contributed by atoms with van der Waals surface area (Å²) < 4.78 is 29.0. The van der Waals surface area contributed by atoms with Gasteiger partial charge in [-0.25, -0.2) is 13.3 Å². The molecule has 0 radical (unpaired) electrons. The number of quaternary nitrogens is 1. The summed E-state index contributed by atoms with van der Waals surface area (Å²) in [5.74, 6) is -0.243. The minimum absolute atomic E-state index is 0.243. The van der Waals surface area contributed by atoms with Crippen LogP contribution in [-0.4, -0.2) is 18.7 Å².